The molecule has 1 amide bonds. The monoisotopic (exact) mass is 368 g/mol. The van der Waals surface area contributed by atoms with Gasteiger partial charge in [0.25, 0.3) is 0 Å². The first-order valence-electron chi connectivity index (χ1n) is 8.55. The summed E-state index contributed by atoms with van der Waals surface area (Å²) in [6.45, 7) is 3.73. The first kappa shape index (κ1) is 19.5. The molecule has 0 radical (unpaired) electrons. The van der Waals surface area contributed by atoms with Crippen molar-refractivity contribution in [3.05, 3.63) is 35.9 Å². The minimum Gasteiger partial charge on any atom is -0.465 e. The second kappa shape index (κ2) is 9.06. The van der Waals surface area contributed by atoms with Crippen LogP contribution in [0.2, 0.25) is 0 Å². The third-order valence-electron chi connectivity index (χ3n) is 4.74. The largest absolute Gasteiger partial charge is 0.465 e. The van der Waals surface area contributed by atoms with E-state index in [9.17, 15) is 9.59 Å². The number of ether oxygens (including phenoxy) is 2. The van der Waals surface area contributed by atoms with Crippen molar-refractivity contribution in [1.29, 1.82) is 0 Å². The summed E-state index contributed by atoms with van der Waals surface area (Å²) in [4.78, 5) is 25.9. The zero-order chi connectivity index (χ0) is 16.9. The molecule has 2 aliphatic rings. The summed E-state index contributed by atoms with van der Waals surface area (Å²) in [5, 5.41) is 3.31. The third kappa shape index (κ3) is 4.86. The van der Waals surface area contributed by atoms with Gasteiger partial charge < -0.3 is 14.4 Å². The van der Waals surface area contributed by atoms with Crippen molar-refractivity contribution in [2.45, 2.75) is 38.5 Å². The van der Waals surface area contributed by atoms with Gasteiger partial charge in [0.05, 0.1) is 6.61 Å². The smallest absolute Gasteiger partial charge is 0.410 e. The first-order valence-corrected chi connectivity index (χ1v) is 8.55. The lowest BCUT2D eigenvalue weighted by molar-refractivity contribution is -0.145. The fraction of sp³-hybridized carbons (Fsp3) is 0.556. The van der Waals surface area contributed by atoms with Crippen molar-refractivity contribution in [2.75, 3.05) is 19.7 Å². The third-order valence-corrected chi connectivity index (χ3v) is 4.74. The van der Waals surface area contributed by atoms with Gasteiger partial charge in [-0.25, -0.2) is 4.79 Å². The number of amides is 1. The SMILES string of the molecule is CCOC(=O)[C@@H]1C[C@@H]2CCN(C(=O)OCc3ccccc3)C[C@@H]2N1.Cl. The molecule has 25 heavy (non-hydrogen) atoms. The fourth-order valence-corrected chi connectivity index (χ4v) is 3.48. The summed E-state index contributed by atoms with van der Waals surface area (Å²) in [6.07, 6.45) is 1.38. The van der Waals surface area contributed by atoms with Crippen LogP contribution in [-0.2, 0) is 20.9 Å². The van der Waals surface area contributed by atoms with Crippen LogP contribution >= 0.6 is 12.4 Å². The van der Waals surface area contributed by atoms with E-state index in [0.717, 1.165) is 18.4 Å². The molecule has 1 aromatic rings. The molecule has 0 bridgehead atoms. The molecule has 2 heterocycles. The number of fused-ring (bicyclic) bond motifs is 1. The van der Waals surface area contributed by atoms with E-state index >= 15 is 0 Å². The van der Waals surface area contributed by atoms with E-state index in [1.54, 1.807) is 4.90 Å². The molecule has 0 aliphatic carbocycles. The average molecular weight is 369 g/mol. The van der Waals surface area contributed by atoms with Gasteiger partial charge >= 0.3 is 12.1 Å². The van der Waals surface area contributed by atoms with E-state index in [2.05, 4.69) is 5.32 Å². The molecule has 2 aliphatic heterocycles. The van der Waals surface area contributed by atoms with E-state index in [-0.39, 0.29) is 43.2 Å². The highest BCUT2D eigenvalue weighted by Gasteiger charge is 2.42. The van der Waals surface area contributed by atoms with Crippen LogP contribution in [-0.4, -0.2) is 48.7 Å². The fourth-order valence-electron chi connectivity index (χ4n) is 3.48. The number of nitrogens with one attached hydrogen (secondary N) is 1. The highest BCUT2D eigenvalue weighted by molar-refractivity contribution is 5.85. The van der Waals surface area contributed by atoms with Crippen molar-refractivity contribution in [3.63, 3.8) is 0 Å². The molecule has 0 saturated carbocycles. The van der Waals surface area contributed by atoms with E-state index in [1.165, 1.54) is 0 Å². The number of hydrogen-bond donors (Lipinski definition) is 1. The number of likely N-dealkylation sites (tertiary alicyclic amines) is 1. The lowest BCUT2D eigenvalue weighted by atomic mass is 9.91. The molecule has 0 unspecified atom stereocenters. The molecular formula is C18H25ClN2O4. The highest BCUT2D eigenvalue weighted by Crippen LogP contribution is 2.29. The Kier molecular flexibility index (Phi) is 7.08. The summed E-state index contributed by atoms with van der Waals surface area (Å²) < 4.78 is 10.5. The van der Waals surface area contributed by atoms with Crippen LogP contribution in [0.3, 0.4) is 0 Å². The van der Waals surface area contributed by atoms with Crippen molar-refractivity contribution in [3.8, 4) is 0 Å². The van der Waals surface area contributed by atoms with Crippen LogP contribution in [0.4, 0.5) is 4.79 Å². The second-order valence-corrected chi connectivity index (χ2v) is 6.35. The minimum atomic E-state index is -0.293. The number of esters is 1. The van der Waals surface area contributed by atoms with Gasteiger partial charge in [0.2, 0.25) is 0 Å². The number of halogens is 1. The molecule has 1 N–H and O–H groups in total. The quantitative estimate of drug-likeness (QED) is 0.826. The Morgan fingerprint density at radius 1 is 1.24 bits per heavy atom. The first-order chi connectivity index (χ1) is 11.7. The molecule has 1 aromatic carbocycles. The zero-order valence-corrected chi connectivity index (χ0v) is 15.2. The van der Waals surface area contributed by atoms with Gasteiger partial charge in [-0.1, -0.05) is 30.3 Å². The standard InChI is InChI=1S/C18H24N2O4.ClH/c1-2-23-17(21)15-10-14-8-9-20(11-16(14)19-15)18(22)24-12-13-6-4-3-5-7-13;/h3-7,14-16,19H,2,8-12H2,1H3;1H/t14-,15-,16-;/m0./s1. The maximum atomic E-state index is 12.3. The molecule has 2 fully saturated rings. The van der Waals surface area contributed by atoms with Gasteiger partial charge in [-0.05, 0) is 31.2 Å². The van der Waals surface area contributed by atoms with Crippen LogP contribution in [0.15, 0.2) is 30.3 Å². The maximum Gasteiger partial charge on any atom is 0.410 e. The van der Waals surface area contributed by atoms with Crippen LogP contribution in [0, 0.1) is 5.92 Å². The van der Waals surface area contributed by atoms with E-state index < -0.39 is 0 Å². The minimum absolute atomic E-state index is 0. The van der Waals surface area contributed by atoms with Gasteiger partial charge in [0, 0.05) is 19.1 Å². The predicted octanol–water partition coefficient (Wildman–Crippen LogP) is 2.36. The summed E-state index contributed by atoms with van der Waals surface area (Å²) in [6, 6.07) is 9.53. The lowest BCUT2D eigenvalue weighted by Gasteiger charge is -2.34. The van der Waals surface area contributed by atoms with Gasteiger partial charge in [-0.3, -0.25) is 10.1 Å². The molecule has 3 atom stereocenters. The van der Waals surface area contributed by atoms with Crippen molar-refractivity contribution >= 4 is 24.5 Å². The van der Waals surface area contributed by atoms with Crippen LogP contribution in [0.1, 0.15) is 25.3 Å². The topological polar surface area (TPSA) is 67.9 Å². The average Bonchev–Trinajstić information content (AvgIpc) is 3.04. The molecule has 2 saturated heterocycles. The summed E-state index contributed by atoms with van der Waals surface area (Å²) >= 11 is 0. The van der Waals surface area contributed by atoms with E-state index in [4.69, 9.17) is 9.47 Å². The molecule has 0 aromatic heterocycles. The number of rotatable bonds is 4. The summed E-state index contributed by atoms with van der Waals surface area (Å²) in [5.41, 5.74) is 0.974. The Bertz CT molecular complexity index is 584. The van der Waals surface area contributed by atoms with Crippen molar-refractivity contribution < 1.29 is 19.1 Å². The molecule has 7 heteroatoms. The Labute approximate surface area is 154 Å². The molecule has 0 spiro atoms. The van der Waals surface area contributed by atoms with Gasteiger partial charge in [0.15, 0.2) is 0 Å². The number of hydrogen-bond acceptors (Lipinski definition) is 5. The van der Waals surface area contributed by atoms with Crippen LogP contribution in [0.25, 0.3) is 0 Å². The normalized spacial score (nSPS) is 24.8. The Morgan fingerprint density at radius 2 is 2.00 bits per heavy atom. The predicted molar refractivity (Wildman–Crippen MR) is 95.5 cm³/mol. The molecule has 6 nitrogen and oxygen atoms in total. The van der Waals surface area contributed by atoms with Gasteiger partial charge in [-0.2, -0.15) is 0 Å². The molecule has 138 valence electrons. The number of benzene rings is 1. The number of piperidine rings is 1. The zero-order valence-electron chi connectivity index (χ0n) is 14.3. The number of carbonyl (C=O) groups is 2. The van der Waals surface area contributed by atoms with Crippen LogP contribution in [0.5, 0.6) is 0 Å². The number of nitrogens with zero attached hydrogens (tertiary/aromatic N) is 1. The molecule has 3 rings (SSSR count). The van der Waals surface area contributed by atoms with E-state index in [1.807, 2.05) is 37.3 Å². The van der Waals surface area contributed by atoms with Crippen molar-refractivity contribution in [2.24, 2.45) is 5.92 Å². The second-order valence-electron chi connectivity index (χ2n) is 6.35. The summed E-state index contributed by atoms with van der Waals surface area (Å²) in [5.74, 6) is 0.225. The lowest BCUT2D eigenvalue weighted by Crippen LogP contribution is -2.50. The number of carbonyl (C=O) groups excluding carboxylic acids is 2. The molecular weight excluding hydrogens is 344 g/mol. The van der Waals surface area contributed by atoms with Gasteiger partial charge in [0.1, 0.15) is 12.6 Å². The Balaban J connectivity index is 0.00000225. The van der Waals surface area contributed by atoms with Crippen LogP contribution < -0.4 is 5.32 Å². The Morgan fingerprint density at radius 3 is 2.72 bits per heavy atom. The highest BCUT2D eigenvalue weighted by atomic mass is 35.5. The van der Waals surface area contributed by atoms with E-state index in [0.29, 0.717) is 25.6 Å². The van der Waals surface area contributed by atoms with Gasteiger partial charge in [-0.15, -0.1) is 12.4 Å². The Hall–Kier alpha value is -1.79. The van der Waals surface area contributed by atoms with Crippen molar-refractivity contribution in [1.82, 2.24) is 10.2 Å². The summed E-state index contributed by atoms with van der Waals surface area (Å²) in [7, 11) is 0. The maximum absolute atomic E-state index is 12.3.